The summed E-state index contributed by atoms with van der Waals surface area (Å²) < 4.78 is 14.9. The van der Waals surface area contributed by atoms with Crippen molar-refractivity contribution in [2.45, 2.75) is 64.5 Å². The molecule has 12 rings (SSSR count). The van der Waals surface area contributed by atoms with Crippen LogP contribution in [0.15, 0.2) is 97.1 Å². The molecule has 1 spiro atoms. The first-order chi connectivity index (χ1) is 23.7. The maximum absolute atomic E-state index is 7.12. The molecular formula is C44H36N4O+2. The van der Waals surface area contributed by atoms with Gasteiger partial charge in [-0.05, 0) is 59.4 Å². The molecule has 236 valence electrons. The van der Waals surface area contributed by atoms with Gasteiger partial charge in [-0.3, -0.25) is 0 Å². The molecule has 3 aromatic heterocycles. The summed E-state index contributed by atoms with van der Waals surface area (Å²) in [5, 5.41) is 2.54. The van der Waals surface area contributed by atoms with E-state index in [4.69, 9.17) is 4.74 Å². The third-order valence-corrected chi connectivity index (χ3v) is 12.4. The number of aromatic nitrogens is 3. The molecule has 0 amide bonds. The maximum Gasteiger partial charge on any atom is 0.378 e. The van der Waals surface area contributed by atoms with Gasteiger partial charge in [-0.25, -0.2) is 0 Å². The van der Waals surface area contributed by atoms with Gasteiger partial charge in [0.25, 0.3) is 11.5 Å². The van der Waals surface area contributed by atoms with Crippen LogP contribution >= 0.6 is 0 Å². The summed E-state index contributed by atoms with van der Waals surface area (Å²) in [4.78, 5) is 2.61. The van der Waals surface area contributed by atoms with Crippen LogP contribution in [0, 0.1) is 0 Å². The zero-order valence-corrected chi connectivity index (χ0v) is 28.6. The van der Waals surface area contributed by atoms with E-state index in [9.17, 15) is 0 Å². The molecule has 49 heavy (non-hydrogen) atoms. The Morgan fingerprint density at radius 2 is 1.39 bits per heavy atom. The van der Waals surface area contributed by atoms with Gasteiger partial charge in [0, 0.05) is 39.4 Å². The van der Waals surface area contributed by atoms with Crippen LogP contribution in [0.2, 0.25) is 0 Å². The highest BCUT2D eigenvalue weighted by Gasteiger charge is 2.73. The number of hydrogen-bond acceptors (Lipinski definition) is 2. The molecule has 0 aliphatic carbocycles. The van der Waals surface area contributed by atoms with Gasteiger partial charge in [0.1, 0.15) is 16.8 Å². The van der Waals surface area contributed by atoms with Gasteiger partial charge >= 0.3 is 11.5 Å². The van der Waals surface area contributed by atoms with Gasteiger partial charge < -0.3 is 9.30 Å². The van der Waals surface area contributed by atoms with Crippen LogP contribution in [0.4, 0.5) is 17.2 Å². The molecule has 0 fully saturated rings. The molecule has 1 unspecified atom stereocenters. The number of benzene rings is 4. The minimum Gasteiger partial charge on any atom is -0.404 e. The minimum absolute atomic E-state index is 0.204. The normalized spacial score (nSPS) is 18.7. The predicted molar refractivity (Wildman–Crippen MR) is 193 cm³/mol. The number of nitrogens with zero attached hydrogens (tertiary/aromatic N) is 4. The molecule has 0 N–H and O–H groups in total. The first-order valence-electron chi connectivity index (χ1n) is 17.8. The minimum atomic E-state index is -0.669. The average molecular weight is 637 g/mol. The lowest BCUT2D eigenvalue weighted by atomic mass is 9.69. The Kier molecular flexibility index (Phi) is 4.36. The van der Waals surface area contributed by atoms with E-state index in [0.29, 0.717) is 11.8 Å². The van der Waals surface area contributed by atoms with Crippen LogP contribution in [-0.2, 0) is 11.1 Å². The van der Waals surface area contributed by atoms with E-state index in [1.54, 1.807) is 0 Å². The maximum atomic E-state index is 7.12. The zero-order chi connectivity index (χ0) is 32.9. The van der Waals surface area contributed by atoms with Crippen molar-refractivity contribution in [3.05, 3.63) is 130 Å². The first-order valence-corrected chi connectivity index (χ1v) is 17.8. The molecule has 0 bridgehead atoms. The largest absolute Gasteiger partial charge is 0.404 e. The number of fused-ring (bicyclic) bond motifs is 8. The summed E-state index contributed by atoms with van der Waals surface area (Å²) in [6, 6.07) is 37.0. The molecule has 1 atom stereocenters. The topological polar surface area (TPSA) is 25.2 Å². The lowest BCUT2D eigenvalue weighted by molar-refractivity contribution is -0.936. The number of ether oxygens (including phenoxy) is 1. The zero-order valence-electron chi connectivity index (χ0n) is 28.6. The molecule has 0 radical (unpaired) electrons. The number of rotatable bonds is 2. The highest BCUT2D eigenvalue weighted by Crippen LogP contribution is 2.63. The number of anilines is 3. The van der Waals surface area contributed by atoms with E-state index in [2.05, 4.69) is 157 Å². The fourth-order valence-electron chi connectivity index (χ4n) is 10.2. The van der Waals surface area contributed by atoms with Gasteiger partial charge in [0.2, 0.25) is 5.69 Å². The predicted octanol–water partition coefficient (Wildman–Crippen LogP) is 9.73. The lowest BCUT2D eigenvalue weighted by Crippen LogP contribution is -2.75. The third kappa shape index (κ3) is 2.65. The van der Waals surface area contributed by atoms with E-state index in [1.807, 2.05) is 0 Å². The van der Waals surface area contributed by atoms with Gasteiger partial charge in [0.05, 0.1) is 22.8 Å². The molecule has 4 aromatic carbocycles. The second-order valence-electron chi connectivity index (χ2n) is 15.8. The summed E-state index contributed by atoms with van der Waals surface area (Å²) in [6.45, 7) is 14.0. The van der Waals surface area contributed by atoms with Crippen LogP contribution in [0.5, 0.6) is 11.6 Å². The highest BCUT2D eigenvalue weighted by atomic mass is 16.5. The summed E-state index contributed by atoms with van der Waals surface area (Å²) in [5.74, 6) is 3.77. The monoisotopic (exact) mass is 636 g/mol. The van der Waals surface area contributed by atoms with E-state index in [1.165, 1.54) is 89.5 Å². The third-order valence-electron chi connectivity index (χ3n) is 12.4. The second-order valence-corrected chi connectivity index (χ2v) is 15.8. The smallest absolute Gasteiger partial charge is 0.378 e. The molecule has 5 heteroatoms. The van der Waals surface area contributed by atoms with Crippen molar-refractivity contribution in [3.8, 4) is 28.7 Å². The van der Waals surface area contributed by atoms with Crippen LogP contribution in [0.25, 0.3) is 38.9 Å². The van der Waals surface area contributed by atoms with Crippen molar-refractivity contribution in [1.82, 2.24) is 4.57 Å². The summed E-state index contributed by atoms with van der Waals surface area (Å²) in [5.41, 5.74) is 15.8. The van der Waals surface area contributed by atoms with Gasteiger partial charge in [-0.1, -0.05) is 84.0 Å². The highest BCUT2D eigenvalue weighted by molar-refractivity contribution is 6.13. The van der Waals surface area contributed by atoms with Crippen molar-refractivity contribution >= 4 is 39.0 Å². The summed E-state index contributed by atoms with van der Waals surface area (Å²) in [7, 11) is 0. The SMILES string of the molecule is CC(C)c1cc2[n+]3c(c1)-c1cc(C(C)C)cc4[n+]1C31c3c(ccc5c3N4c3ccccc3C5(C)C)-n3c4ccccc4c4ccc(c1c43)O2. The molecule has 5 nitrogen and oxygen atoms in total. The molecule has 7 aromatic rings. The van der Waals surface area contributed by atoms with Crippen molar-refractivity contribution in [3.63, 3.8) is 0 Å². The first kappa shape index (κ1) is 26.5. The second kappa shape index (κ2) is 8.06. The van der Waals surface area contributed by atoms with E-state index in [0.717, 1.165) is 11.6 Å². The summed E-state index contributed by atoms with van der Waals surface area (Å²) in [6.07, 6.45) is 0. The number of pyridine rings is 2. The fourth-order valence-corrected chi connectivity index (χ4v) is 10.2. The van der Waals surface area contributed by atoms with Crippen molar-refractivity contribution in [2.75, 3.05) is 4.90 Å². The average Bonchev–Trinajstić information content (AvgIpc) is 3.59. The van der Waals surface area contributed by atoms with Crippen LogP contribution in [0.3, 0.4) is 0 Å². The van der Waals surface area contributed by atoms with Crippen molar-refractivity contribution in [1.29, 1.82) is 0 Å². The van der Waals surface area contributed by atoms with Gasteiger partial charge in [-0.15, -0.1) is 9.13 Å². The Morgan fingerprint density at radius 1 is 0.653 bits per heavy atom. The Morgan fingerprint density at radius 3 is 2.20 bits per heavy atom. The Balaban J connectivity index is 1.41. The Labute approximate surface area is 285 Å². The van der Waals surface area contributed by atoms with E-state index >= 15 is 0 Å². The van der Waals surface area contributed by atoms with Crippen LogP contribution < -0.4 is 18.8 Å². The molecule has 5 aliphatic heterocycles. The Hall–Kier alpha value is -5.42. The molecule has 0 saturated carbocycles. The van der Waals surface area contributed by atoms with Crippen LogP contribution in [-0.4, -0.2) is 4.57 Å². The summed E-state index contributed by atoms with van der Waals surface area (Å²) >= 11 is 0. The van der Waals surface area contributed by atoms with Crippen molar-refractivity contribution in [2.24, 2.45) is 0 Å². The van der Waals surface area contributed by atoms with Crippen LogP contribution in [0.1, 0.15) is 86.8 Å². The standard InChI is InChI=1S/C44H36N4O/c1-23(2)25-19-34-35-20-26(24(3)4)22-38-48(35)44-39-33(45-31-13-9-7-11-27(31)28-15-18-36(49-38)40(44)41(28)45)17-16-30-42(39)46(37(21-25)47(34)44)32-14-10-8-12-29(32)43(30,5)6/h7-24H,1-6H3/q+2. The Bertz CT molecular complexity index is 2750. The van der Waals surface area contributed by atoms with Crippen molar-refractivity contribution < 1.29 is 13.9 Å². The van der Waals surface area contributed by atoms with Gasteiger partial charge in [-0.2, -0.15) is 4.90 Å². The number of para-hydroxylation sites is 2. The quantitative estimate of drug-likeness (QED) is 0.177. The molecule has 8 heterocycles. The van der Waals surface area contributed by atoms with Gasteiger partial charge in [0.15, 0.2) is 11.4 Å². The fraction of sp³-hybridized carbons (Fsp3) is 0.227. The number of hydrogen-bond donors (Lipinski definition) is 0. The molecule has 5 aliphatic rings. The lowest BCUT2D eigenvalue weighted by Gasteiger charge is -2.45. The molecular weight excluding hydrogens is 601 g/mol. The van der Waals surface area contributed by atoms with E-state index in [-0.39, 0.29) is 5.41 Å². The molecule has 0 saturated heterocycles. The van der Waals surface area contributed by atoms with E-state index < -0.39 is 5.66 Å².